The lowest BCUT2D eigenvalue weighted by atomic mass is 10.1. The van der Waals surface area contributed by atoms with Crippen LogP contribution in [0, 0.1) is 5.92 Å². The lowest BCUT2D eigenvalue weighted by molar-refractivity contribution is -0.0259. The first-order valence-electron chi connectivity index (χ1n) is 15.0. The molecule has 0 amide bonds. The molecule has 0 rings (SSSR count). The van der Waals surface area contributed by atoms with E-state index in [1.165, 1.54) is 0 Å². The summed E-state index contributed by atoms with van der Waals surface area (Å²) in [5.74, 6) is 0.602. The second-order valence-electron chi connectivity index (χ2n) is 11.1. The summed E-state index contributed by atoms with van der Waals surface area (Å²) >= 11 is 0. The van der Waals surface area contributed by atoms with Gasteiger partial charge in [-0.15, -0.1) is 0 Å². The fourth-order valence-corrected chi connectivity index (χ4v) is 3.76. The molecule has 0 aromatic heterocycles. The molecule has 0 heterocycles. The highest BCUT2D eigenvalue weighted by molar-refractivity contribution is 6.74. The molecule has 0 fully saturated rings. The minimum Gasteiger partial charge on any atom is -0.414 e. The molecule has 0 aliphatic rings. The molecule has 1 unspecified atom stereocenters. The van der Waals surface area contributed by atoms with E-state index < -0.39 is 8.32 Å². The third-order valence-corrected chi connectivity index (χ3v) is 11.1. The van der Waals surface area contributed by atoms with Crippen LogP contribution in [0.1, 0.15) is 41.0 Å². The summed E-state index contributed by atoms with van der Waals surface area (Å²) in [6.07, 6.45) is 1.14. The second-order valence-corrected chi connectivity index (χ2v) is 15.9. The summed E-state index contributed by atoms with van der Waals surface area (Å²) in [5, 5.41) is 0.223. The van der Waals surface area contributed by atoms with E-state index in [0.717, 1.165) is 13.0 Å². The smallest absolute Gasteiger partial charge is 0.192 e. The van der Waals surface area contributed by atoms with Crippen molar-refractivity contribution in [1.29, 1.82) is 0 Å². The molecule has 0 aromatic carbocycles. The van der Waals surface area contributed by atoms with Crippen molar-refractivity contribution in [3.8, 4) is 0 Å². The molecule has 0 N–H and O–H groups in total. The van der Waals surface area contributed by atoms with E-state index in [2.05, 4.69) is 47.7 Å². The molecule has 11 heteroatoms. The van der Waals surface area contributed by atoms with Gasteiger partial charge in [0.15, 0.2) is 8.32 Å². The molecule has 1 atom stereocenters. The Morgan fingerprint density at radius 1 is 0.450 bits per heavy atom. The third kappa shape index (κ3) is 26.7. The first-order chi connectivity index (χ1) is 19.2. The SMILES string of the molecule is CCC(C)COCCOCCOCCOCCOCCOCCOCCOCCOCCO[Si](C)(C)C(C)(C)C. The summed E-state index contributed by atoms with van der Waals surface area (Å²) in [6.45, 7) is 26.4. The van der Waals surface area contributed by atoms with Gasteiger partial charge >= 0.3 is 0 Å². The Balaban J connectivity index is 3.14. The number of ether oxygens (including phenoxy) is 9. The Morgan fingerprint density at radius 2 is 0.700 bits per heavy atom. The highest BCUT2D eigenvalue weighted by Crippen LogP contribution is 2.36. The van der Waals surface area contributed by atoms with E-state index in [4.69, 9.17) is 47.1 Å². The van der Waals surface area contributed by atoms with Gasteiger partial charge in [-0.2, -0.15) is 0 Å². The Morgan fingerprint density at radius 3 is 0.950 bits per heavy atom. The van der Waals surface area contributed by atoms with Crippen molar-refractivity contribution in [3.63, 3.8) is 0 Å². The zero-order valence-corrected chi connectivity index (χ0v) is 27.8. The quantitative estimate of drug-likeness (QED) is 0.0854. The standard InChI is InChI=1S/C29H62O10Si/c1-8-28(2)27-38-24-23-36-20-19-34-16-15-32-12-11-30-9-10-31-13-14-33-17-18-35-21-22-37-25-26-39-40(6,7)29(3,4)5/h28H,8-27H2,1-7H3. The van der Waals surface area contributed by atoms with E-state index in [0.29, 0.717) is 125 Å². The number of hydrogen-bond acceptors (Lipinski definition) is 10. The maximum Gasteiger partial charge on any atom is 0.192 e. The van der Waals surface area contributed by atoms with Crippen LogP contribution in [0.5, 0.6) is 0 Å². The van der Waals surface area contributed by atoms with Gasteiger partial charge in [-0.3, -0.25) is 0 Å². The van der Waals surface area contributed by atoms with E-state index in [1.807, 2.05) is 0 Å². The Labute approximate surface area is 246 Å². The summed E-state index contributed by atoms with van der Waals surface area (Å²) in [7, 11) is -1.69. The normalized spacial score (nSPS) is 13.3. The van der Waals surface area contributed by atoms with Crippen molar-refractivity contribution >= 4 is 8.32 Å². The van der Waals surface area contributed by atoms with Crippen LogP contribution in [-0.4, -0.2) is 134 Å². The van der Waals surface area contributed by atoms with Crippen LogP contribution >= 0.6 is 0 Å². The Bertz CT molecular complexity index is 520. The number of hydrogen-bond donors (Lipinski definition) is 0. The van der Waals surface area contributed by atoms with Gasteiger partial charge in [-0.1, -0.05) is 41.0 Å². The minimum atomic E-state index is -1.69. The average molecular weight is 599 g/mol. The first-order valence-corrected chi connectivity index (χ1v) is 17.9. The summed E-state index contributed by atoms with van der Waals surface area (Å²) in [6, 6.07) is 0. The largest absolute Gasteiger partial charge is 0.414 e. The molecule has 0 aromatic rings. The van der Waals surface area contributed by atoms with Crippen molar-refractivity contribution in [2.45, 2.75) is 59.2 Å². The summed E-state index contributed by atoms with van der Waals surface area (Å²) in [5.41, 5.74) is 0. The lowest BCUT2D eigenvalue weighted by Gasteiger charge is -2.36. The third-order valence-electron chi connectivity index (χ3n) is 6.57. The van der Waals surface area contributed by atoms with Crippen LogP contribution < -0.4 is 0 Å². The predicted molar refractivity (Wildman–Crippen MR) is 160 cm³/mol. The van der Waals surface area contributed by atoms with E-state index in [-0.39, 0.29) is 5.04 Å². The van der Waals surface area contributed by atoms with Crippen LogP contribution in [-0.2, 0) is 47.1 Å². The van der Waals surface area contributed by atoms with E-state index in [1.54, 1.807) is 0 Å². The molecule has 0 aliphatic carbocycles. The summed E-state index contributed by atoms with van der Waals surface area (Å²) in [4.78, 5) is 0. The maximum absolute atomic E-state index is 6.07. The summed E-state index contributed by atoms with van der Waals surface area (Å²) < 4.78 is 55.6. The molecule has 40 heavy (non-hydrogen) atoms. The molecule has 0 spiro atoms. The minimum absolute atomic E-state index is 0.223. The van der Waals surface area contributed by atoms with Crippen molar-refractivity contribution in [2.24, 2.45) is 5.92 Å². The van der Waals surface area contributed by atoms with Gasteiger partial charge in [-0.25, -0.2) is 0 Å². The maximum atomic E-state index is 6.07. The second kappa shape index (κ2) is 27.6. The van der Waals surface area contributed by atoms with Gasteiger partial charge in [0.2, 0.25) is 0 Å². The highest BCUT2D eigenvalue weighted by Gasteiger charge is 2.36. The molecule has 0 aliphatic heterocycles. The molecular weight excluding hydrogens is 536 g/mol. The van der Waals surface area contributed by atoms with Gasteiger partial charge in [0, 0.05) is 6.61 Å². The van der Waals surface area contributed by atoms with Gasteiger partial charge in [0.25, 0.3) is 0 Å². The Hall–Kier alpha value is -0.183. The lowest BCUT2D eigenvalue weighted by Crippen LogP contribution is -2.41. The van der Waals surface area contributed by atoms with Crippen molar-refractivity contribution < 1.29 is 47.1 Å². The monoisotopic (exact) mass is 598 g/mol. The average Bonchev–Trinajstić information content (AvgIpc) is 2.91. The molecule has 0 radical (unpaired) electrons. The molecule has 0 bridgehead atoms. The highest BCUT2D eigenvalue weighted by atomic mass is 28.4. The fourth-order valence-electron chi connectivity index (χ4n) is 2.73. The van der Waals surface area contributed by atoms with Gasteiger partial charge in [0.1, 0.15) is 0 Å². The van der Waals surface area contributed by atoms with Gasteiger partial charge in [-0.05, 0) is 24.1 Å². The predicted octanol–water partition coefficient (Wildman–Crippen LogP) is 4.20. The van der Waals surface area contributed by atoms with Crippen LogP contribution in [0.3, 0.4) is 0 Å². The molecule has 10 nitrogen and oxygen atoms in total. The van der Waals surface area contributed by atoms with E-state index >= 15 is 0 Å². The Kier molecular flexibility index (Phi) is 27.5. The topological polar surface area (TPSA) is 92.3 Å². The van der Waals surface area contributed by atoms with Crippen LogP contribution in [0.2, 0.25) is 18.1 Å². The van der Waals surface area contributed by atoms with Crippen molar-refractivity contribution in [3.05, 3.63) is 0 Å². The molecular formula is C29H62O10Si. The zero-order valence-electron chi connectivity index (χ0n) is 26.8. The fraction of sp³-hybridized carbons (Fsp3) is 1.00. The van der Waals surface area contributed by atoms with Crippen molar-refractivity contribution in [2.75, 3.05) is 126 Å². The zero-order chi connectivity index (χ0) is 29.8. The van der Waals surface area contributed by atoms with E-state index in [9.17, 15) is 0 Å². The van der Waals surface area contributed by atoms with Gasteiger partial charge < -0.3 is 47.1 Å². The molecule has 0 saturated heterocycles. The van der Waals surface area contributed by atoms with Crippen LogP contribution in [0.4, 0.5) is 0 Å². The van der Waals surface area contributed by atoms with Gasteiger partial charge in [0.05, 0.1) is 119 Å². The van der Waals surface area contributed by atoms with Crippen LogP contribution in [0.25, 0.3) is 0 Å². The molecule has 0 saturated carbocycles. The number of rotatable bonds is 31. The van der Waals surface area contributed by atoms with Crippen LogP contribution in [0.15, 0.2) is 0 Å². The first kappa shape index (κ1) is 39.8. The molecule has 242 valence electrons. The van der Waals surface area contributed by atoms with Crippen molar-refractivity contribution in [1.82, 2.24) is 0 Å².